The van der Waals surface area contributed by atoms with Crippen molar-refractivity contribution in [2.45, 2.75) is 29.7 Å². The predicted molar refractivity (Wildman–Crippen MR) is 96.1 cm³/mol. The summed E-state index contributed by atoms with van der Waals surface area (Å²) in [4.78, 5) is 7.31. The molecule has 3 heterocycles. The van der Waals surface area contributed by atoms with Crippen molar-refractivity contribution in [2.75, 3.05) is 6.54 Å². The molecule has 1 aromatic carbocycles. The van der Waals surface area contributed by atoms with Crippen LogP contribution in [-0.2, 0) is 22.0 Å². The molecule has 0 radical (unpaired) electrons. The van der Waals surface area contributed by atoms with Gasteiger partial charge in [-0.05, 0) is 30.0 Å². The number of pyridine rings is 1. The summed E-state index contributed by atoms with van der Waals surface area (Å²) in [6, 6.07) is 9.79. The number of fused-ring (bicyclic) bond motifs is 3. The molecule has 5 rings (SSSR count). The summed E-state index contributed by atoms with van der Waals surface area (Å²) in [7, 11) is -3.66. The minimum atomic E-state index is -3.66. The second-order valence-corrected chi connectivity index (χ2v) is 9.19. The number of nitrogens with zero attached hydrogens (tertiary/aromatic N) is 2. The zero-order chi connectivity index (χ0) is 17.2. The van der Waals surface area contributed by atoms with E-state index in [9.17, 15) is 8.42 Å². The zero-order valence-electron chi connectivity index (χ0n) is 13.4. The van der Waals surface area contributed by atoms with Crippen molar-refractivity contribution in [1.29, 1.82) is 0 Å². The third kappa shape index (κ3) is 2.18. The van der Waals surface area contributed by atoms with Gasteiger partial charge < -0.3 is 4.98 Å². The van der Waals surface area contributed by atoms with Crippen molar-refractivity contribution in [1.82, 2.24) is 14.3 Å². The summed E-state index contributed by atoms with van der Waals surface area (Å²) in [6.07, 6.45) is 5.13. The summed E-state index contributed by atoms with van der Waals surface area (Å²) < 4.78 is 28.3. The molecule has 1 aliphatic carbocycles. The molecule has 0 unspecified atom stereocenters. The highest BCUT2D eigenvalue weighted by Crippen LogP contribution is 2.53. The number of hydrogen-bond donors (Lipinski definition) is 1. The van der Waals surface area contributed by atoms with Crippen LogP contribution in [0.5, 0.6) is 0 Å². The molecular formula is C18H16ClN3O2S. The fourth-order valence-electron chi connectivity index (χ4n) is 3.92. The second kappa shape index (κ2) is 5.06. The maximum Gasteiger partial charge on any atom is 0.245 e. The molecule has 1 N–H and O–H groups in total. The van der Waals surface area contributed by atoms with Crippen LogP contribution in [-0.4, -0.2) is 29.2 Å². The van der Waals surface area contributed by atoms with Gasteiger partial charge in [0.25, 0.3) is 0 Å². The number of halogens is 1. The van der Waals surface area contributed by atoms with Gasteiger partial charge in [0.05, 0.1) is 10.4 Å². The summed E-state index contributed by atoms with van der Waals surface area (Å²) in [6.45, 7) is 0.918. The molecular weight excluding hydrogens is 358 g/mol. The number of aromatic amines is 1. The van der Waals surface area contributed by atoms with E-state index in [0.717, 1.165) is 18.4 Å². The minimum absolute atomic E-state index is 0.0178. The molecule has 3 aromatic rings. The van der Waals surface area contributed by atoms with E-state index in [0.29, 0.717) is 29.1 Å². The summed E-state index contributed by atoms with van der Waals surface area (Å²) in [5.74, 6) is 0. The monoisotopic (exact) mass is 373 g/mol. The van der Waals surface area contributed by atoms with E-state index in [2.05, 4.69) is 16.0 Å². The highest BCUT2D eigenvalue weighted by atomic mass is 35.5. The van der Waals surface area contributed by atoms with E-state index in [1.54, 1.807) is 16.6 Å². The van der Waals surface area contributed by atoms with Crippen LogP contribution in [0.15, 0.2) is 47.6 Å². The number of rotatable bonds is 2. The van der Waals surface area contributed by atoms with E-state index < -0.39 is 10.0 Å². The molecule has 2 aliphatic rings. The summed E-state index contributed by atoms with van der Waals surface area (Å²) in [5, 5.41) is 0.858. The number of H-pyrrole nitrogens is 1. The third-order valence-corrected chi connectivity index (χ3v) is 7.50. The zero-order valence-corrected chi connectivity index (χ0v) is 14.9. The smallest absolute Gasteiger partial charge is 0.245 e. The van der Waals surface area contributed by atoms with Crippen molar-refractivity contribution in [2.24, 2.45) is 0 Å². The Labute approximate surface area is 150 Å². The maximum absolute atomic E-state index is 13.4. The number of benzene rings is 1. The number of aromatic nitrogens is 2. The normalized spacial score (nSPS) is 19.2. The Hall–Kier alpha value is -1.89. The van der Waals surface area contributed by atoms with Crippen molar-refractivity contribution in [3.63, 3.8) is 0 Å². The molecule has 1 fully saturated rings. The average Bonchev–Trinajstić information content (AvgIpc) is 3.21. The Morgan fingerprint density at radius 3 is 2.80 bits per heavy atom. The van der Waals surface area contributed by atoms with Gasteiger partial charge in [0.15, 0.2) is 0 Å². The standard InChI is InChI=1S/C18H16ClN3O2S/c19-14-5-8-20-17-16(14)15(9-21-17)25(23,24)22-10-12-3-1-2-4-13(12)18(11-22)6-7-18/h1-5,8-9H,6-7,10-11H2,(H,20,21). The fourth-order valence-corrected chi connectivity index (χ4v) is 5.90. The fraction of sp³-hybridized carbons (Fsp3) is 0.278. The SMILES string of the molecule is O=S(=O)(c1c[nH]c2nccc(Cl)c12)N1Cc2ccccc2C2(CC2)C1. The quantitative estimate of drug-likeness (QED) is 0.748. The Morgan fingerprint density at radius 2 is 2.00 bits per heavy atom. The van der Waals surface area contributed by atoms with Crippen molar-refractivity contribution in [3.05, 3.63) is 58.9 Å². The van der Waals surface area contributed by atoms with E-state index in [1.807, 2.05) is 18.2 Å². The van der Waals surface area contributed by atoms with Gasteiger partial charge in [0.2, 0.25) is 10.0 Å². The molecule has 7 heteroatoms. The molecule has 1 spiro atoms. The van der Waals surface area contributed by atoms with Crippen LogP contribution >= 0.6 is 11.6 Å². The van der Waals surface area contributed by atoms with Gasteiger partial charge in [0.1, 0.15) is 10.5 Å². The number of hydrogen-bond acceptors (Lipinski definition) is 3. The number of sulfonamides is 1. The average molecular weight is 374 g/mol. The number of nitrogens with one attached hydrogen (secondary N) is 1. The van der Waals surface area contributed by atoms with Crippen molar-refractivity contribution < 1.29 is 8.42 Å². The van der Waals surface area contributed by atoms with Crippen molar-refractivity contribution in [3.8, 4) is 0 Å². The van der Waals surface area contributed by atoms with Gasteiger partial charge in [-0.1, -0.05) is 35.9 Å². The van der Waals surface area contributed by atoms with Crippen LogP contribution in [0.1, 0.15) is 24.0 Å². The highest BCUT2D eigenvalue weighted by molar-refractivity contribution is 7.89. The van der Waals surface area contributed by atoms with Gasteiger partial charge in [-0.3, -0.25) is 0 Å². The molecule has 128 valence electrons. The lowest BCUT2D eigenvalue weighted by Crippen LogP contribution is -2.41. The predicted octanol–water partition coefficient (Wildman–Crippen LogP) is 3.45. The van der Waals surface area contributed by atoms with Crippen LogP contribution in [0.25, 0.3) is 11.0 Å². The molecule has 0 bridgehead atoms. The van der Waals surface area contributed by atoms with Crippen molar-refractivity contribution >= 4 is 32.7 Å². The lowest BCUT2D eigenvalue weighted by Gasteiger charge is -2.34. The Kier molecular flexibility index (Phi) is 3.11. The third-order valence-electron chi connectivity index (χ3n) is 5.37. The molecule has 25 heavy (non-hydrogen) atoms. The van der Waals surface area contributed by atoms with Crippen LogP contribution in [0.2, 0.25) is 5.02 Å². The molecule has 2 aromatic heterocycles. The van der Waals surface area contributed by atoms with E-state index in [-0.39, 0.29) is 10.3 Å². The molecule has 0 saturated heterocycles. The van der Waals surface area contributed by atoms with Crippen LogP contribution in [0.4, 0.5) is 0 Å². The first-order valence-corrected chi connectivity index (χ1v) is 10.0. The van der Waals surface area contributed by atoms with Crippen LogP contribution in [0.3, 0.4) is 0 Å². The van der Waals surface area contributed by atoms with E-state index in [4.69, 9.17) is 11.6 Å². The second-order valence-electron chi connectivity index (χ2n) is 6.88. The first-order chi connectivity index (χ1) is 12.0. The van der Waals surface area contributed by atoms with Crippen LogP contribution < -0.4 is 0 Å². The first-order valence-electron chi connectivity index (χ1n) is 8.21. The lowest BCUT2D eigenvalue weighted by atomic mass is 9.88. The van der Waals surface area contributed by atoms with E-state index in [1.165, 1.54) is 11.8 Å². The maximum atomic E-state index is 13.4. The lowest BCUT2D eigenvalue weighted by molar-refractivity contribution is 0.344. The minimum Gasteiger partial charge on any atom is -0.345 e. The molecule has 5 nitrogen and oxygen atoms in total. The molecule has 1 aliphatic heterocycles. The van der Waals surface area contributed by atoms with Crippen LogP contribution in [0, 0.1) is 0 Å². The Morgan fingerprint density at radius 1 is 1.20 bits per heavy atom. The molecule has 0 atom stereocenters. The van der Waals surface area contributed by atoms with Gasteiger partial charge in [-0.2, -0.15) is 4.31 Å². The van der Waals surface area contributed by atoms with E-state index >= 15 is 0 Å². The summed E-state index contributed by atoms with van der Waals surface area (Å²) >= 11 is 6.26. The van der Waals surface area contributed by atoms with Gasteiger partial charge in [-0.15, -0.1) is 0 Å². The largest absolute Gasteiger partial charge is 0.345 e. The van der Waals surface area contributed by atoms with Gasteiger partial charge in [0, 0.05) is 30.9 Å². The Balaban J connectivity index is 1.64. The van der Waals surface area contributed by atoms with Gasteiger partial charge in [-0.25, -0.2) is 13.4 Å². The first kappa shape index (κ1) is 15.4. The molecule has 1 saturated carbocycles. The topological polar surface area (TPSA) is 66.1 Å². The Bertz CT molecular complexity index is 1100. The summed E-state index contributed by atoms with van der Waals surface area (Å²) in [5.41, 5.74) is 2.87. The highest BCUT2D eigenvalue weighted by Gasteiger charge is 2.51. The molecule has 0 amide bonds. The van der Waals surface area contributed by atoms with Gasteiger partial charge >= 0.3 is 0 Å².